The SMILES string of the molecule is CC(=O)O[C@H](C(N)=O)[C@H](OC(C)=O)C(=O)O. The number of rotatable bonds is 5. The number of esters is 2. The van der Waals surface area contributed by atoms with Crippen molar-refractivity contribution in [2.75, 3.05) is 0 Å². The number of hydrogen-bond acceptors (Lipinski definition) is 6. The Labute approximate surface area is 90.3 Å². The van der Waals surface area contributed by atoms with Gasteiger partial charge in [0, 0.05) is 13.8 Å². The molecule has 0 radical (unpaired) electrons. The first kappa shape index (κ1) is 13.9. The third kappa shape index (κ3) is 4.40. The van der Waals surface area contributed by atoms with Crippen molar-refractivity contribution >= 4 is 23.8 Å². The third-order valence-electron chi connectivity index (χ3n) is 1.38. The summed E-state index contributed by atoms with van der Waals surface area (Å²) >= 11 is 0. The van der Waals surface area contributed by atoms with Gasteiger partial charge in [-0.2, -0.15) is 0 Å². The van der Waals surface area contributed by atoms with Gasteiger partial charge in [-0.1, -0.05) is 0 Å². The molecule has 2 atom stereocenters. The van der Waals surface area contributed by atoms with E-state index >= 15 is 0 Å². The van der Waals surface area contributed by atoms with Gasteiger partial charge in [0.25, 0.3) is 5.91 Å². The lowest BCUT2D eigenvalue weighted by atomic mass is 10.2. The van der Waals surface area contributed by atoms with Crippen molar-refractivity contribution in [2.45, 2.75) is 26.1 Å². The summed E-state index contributed by atoms with van der Waals surface area (Å²) in [6.45, 7) is 1.91. The van der Waals surface area contributed by atoms with Gasteiger partial charge in [-0.15, -0.1) is 0 Å². The lowest BCUT2D eigenvalue weighted by Gasteiger charge is -2.20. The molecule has 0 aliphatic rings. The molecule has 0 aliphatic carbocycles. The molecule has 0 heterocycles. The van der Waals surface area contributed by atoms with E-state index in [1.807, 2.05) is 0 Å². The Morgan fingerprint density at radius 3 is 1.62 bits per heavy atom. The third-order valence-corrected chi connectivity index (χ3v) is 1.38. The van der Waals surface area contributed by atoms with Crippen molar-refractivity contribution in [3.05, 3.63) is 0 Å². The molecule has 0 rings (SSSR count). The van der Waals surface area contributed by atoms with Crippen molar-refractivity contribution < 1.29 is 33.8 Å². The maximum absolute atomic E-state index is 10.9. The molecule has 3 N–H and O–H groups in total. The van der Waals surface area contributed by atoms with Gasteiger partial charge in [-0.05, 0) is 0 Å². The Morgan fingerprint density at radius 1 is 1.00 bits per heavy atom. The van der Waals surface area contributed by atoms with Crippen LogP contribution in [0.15, 0.2) is 0 Å². The smallest absolute Gasteiger partial charge is 0.349 e. The van der Waals surface area contributed by atoms with Crippen LogP contribution in [0.5, 0.6) is 0 Å². The Hall–Kier alpha value is -2.12. The van der Waals surface area contributed by atoms with E-state index in [1.165, 1.54) is 0 Å². The number of carbonyl (C=O) groups is 4. The van der Waals surface area contributed by atoms with Crippen LogP contribution < -0.4 is 5.73 Å². The molecule has 90 valence electrons. The minimum atomic E-state index is -1.95. The first-order valence-corrected chi connectivity index (χ1v) is 4.12. The monoisotopic (exact) mass is 233 g/mol. The number of primary amides is 1. The summed E-state index contributed by atoms with van der Waals surface area (Å²) in [5.41, 5.74) is 4.83. The highest BCUT2D eigenvalue weighted by Crippen LogP contribution is 2.06. The fraction of sp³-hybridized carbons (Fsp3) is 0.500. The van der Waals surface area contributed by atoms with Gasteiger partial charge < -0.3 is 20.3 Å². The van der Waals surface area contributed by atoms with Crippen LogP contribution >= 0.6 is 0 Å². The Kier molecular flexibility index (Phi) is 4.93. The number of carboxylic acids is 1. The molecule has 0 saturated heterocycles. The van der Waals surface area contributed by atoms with Gasteiger partial charge >= 0.3 is 17.9 Å². The minimum absolute atomic E-state index is 0.915. The van der Waals surface area contributed by atoms with E-state index in [-0.39, 0.29) is 0 Å². The van der Waals surface area contributed by atoms with Gasteiger partial charge in [0.15, 0.2) is 0 Å². The molecule has 0 aliphatic heterocycles. The molecule has 16 heavy (non-hydrogen) atoms. The quantitative estimate of drug-likeness (QED) is 0.547. The summed E-state index contributed by atoms with van der Waals surface area (Å²) in [5, 5.41) is 8.68. The summed E-state index contributed by atoms with van der Waals surface area (Å²) in [4.78, 5) is 42.7. The summed E-state index contributed by atoms with van der Waals surface area (Å²) in [5.74, 6) is -4.71. The second-order valence-corrected chi connectivity index (χ2v) is 2.80. The summed E-state index contributed by atoms with van der Waals surface area (Å²) in [6, 6.07) is 0. The highest BCUT2D eigenvalue weighted by Gasteiger charge is 2.37. The van der Waals surface area contributed by atoms with Crippen LogP contribution in [0, 0.1) is 0 Å². The molecular formula is C8H11NO7. The average Bonchev–Trinajstić information content (AvgIpc) is 2.09. The largest absolute Gasteiger partial charge is 0.478 e. The van der Waals surface area contributed by atoms with E-state index in [0.717, 1.165) is 13.8 Å². The van der Waals surface area contributed by atoms with Crippen LogP contribution in [0.2, 0.25) is 0 Å². The van der Waals surface area contributed by atoms with Crippen LogP contribution in [-0.4, -0.2) is 41.1 Å². The maximum atomic E-state index is 10.9. The van der Waals surface area contributed by atoms with Crippen LogP contribution in [0.3, 0.4) is 0 Å². The number of carboxylic acid groups (broad SMARTS) is 1. The number of amides is 1. The van der Waals surface area contributed by atoms with Crippen LogP contribution in [0.1, 0.15) is 13.8 Å². The van der Waals surface area contributed by atoms with Crippen molar-refractivity contribution in [3.8, 4) is 0 Å². The predicted octanol–water partition coefficient (Wildman–Crippen LogP) is -1.58. The minimum Gasteiger partial charge on any atom is -0.478 e. The topological polar surface area (TPSA) is 133 Å². The zero-order valence-electron chi connectivity index (χ0n) is 8.63. The van der Waals surface area contributed by atoms with E-state index in [0.29, 0.717) is 0 Å². The van der Waals surface area contributed by atoms with Crippen LogP contribution in [0.25, 0.3) is 0 Å². The molecule has 0 aromatic heterocycles. The van der Waals surface area contributed by atoms with Crippen molar-refractivity contribution in [3.63, 3.8) is 0 Å². The molecular weight excluding hydrogens is 222 g/mol. The molecule has 0 fully saturated rings. The molecule has 0 aromatic rings. The Bertz CT molecular complexity index is 292. The second kappa shape index (κ2) is 5.69. The highest BCUT2D eigenvalue weighted by atomic mass is 16.6. The lowest BCUT2D eigenvalue weighted by molar-refractivity contribution is -0.180. The van der Waals surface area contributed by atoms with Gasteiger partial charge in [0.1, 0.15) is 0 Å². The highest BCUT2D eigenvalue weighted by molar-refractivity contribution is 5.89. The number of aliphatic carboxylic acids is 1. The van der Waals surface area contributed by atoms with Gasteiger partial charge in [-0.25, -0.2) is 4.79 Å². The van der Waals surface area contributed by atoms with Crippen molar-refractivity contribution in [1.82, 2.24) is 0 Å². The van der Waals surface area contributed by atoms with Crippen LogP contribution in [-0.2, 0) is 28.7 Å². The first-order chi connectivity index (χ1) is 7.25. The fourth-order valence-corrected chi connectivity index (χ4v) is 0.868. The van der Waals surface area contributed by atoms with Crippen molar-refractivity contribution in [1.29, 1.82) is 0 Å². The van der Waals surface area contributed by atoms with E-state index in [1.54, 1.807) is 0 Å². The number of nitrogens with two attached hydrogens (primary N) is 1. The number of ether oxygens (including phenoxy) is 2. The second-order valence-electron chi connectivity index (χ2n) is 2.80. The van der Waals surface area contributed by atoms with Gasteiger partial charge in [-0.3, -0.25) is 14.4 Å². The Balaban J connectivity index is 4.93. The van der Waals surface area contributed by atoms with Crippen molar-refractivity contribution in [2.24, 2.45) is 5.73 Å². The van der Waals surface area contributed by atoms with Crippen LogP contribution in [0.4, 0.5) is 0 Å². The number of hydrogen-bond donors (Lipinski definition) is 2. The standard InChI is InChI=1S/C8H11NO7/c1-3(10)15-5(7(9)12)6(8(13)14)16-4(2)11/h5-6H,1-2H3,(H2,9,12)(H,13,14)/t5-,6-/m0/s1. The lowest BCUT2D eigenvalue weighted by Crippen LogP contribution is -2.48. The zero-order chi connectivity index (χ0) is 12.9. The molecule has 0 unspecified atom stereocenters. The summed E-state index contributed by atoms with van der Waals surface area (Å²) in [7, 11) is 0. The molecule has 1 amide bonds. The molecule has 8 nitrogen and oxygen atoms in total. The summed E-state index contributed by atoms with van der Waals surface area (Å²) < 4.78 is 8.68. The van der Waals surface area contributed by atoms with E-state index < -0.39 is 36.0 Å². The molecule has 8 heteroatoms. The maximum Gasteiger partial charge on any atom is 0.349 e. The van der Waals surface area contributed by atoms with E-state index in [4.69, 9.17) is 10.8 Å². The Morgan fingerprint density at radius 2 is 1.38 bits per heavy atom. The van der Waals surface area contributed by atoms with Gasteiger partial charge in [0.2, 0.25) is 12.2 Å². The van der Waals surface area contributed by atoms with E-state index in [9.17, 15) is 19.2 Å². The molecule has 0 spiro atoms. The average molecular weight is 233 g/mol. The van der Waals surface area contributed by atoms with E-state index in [2.05, 4.69) is 9.47 Å². The zero-order valence-corrected chi connectivity index (χ0v) is 8.63. The number of carbonyl (C=O) groups excluding carboxylic acids is 3. The van der Waals surface area contributed by atoms with Gasteiger partial charge in [0.05, 0.1) is 0 Å². The summed E-state index contributed by atoms with van der Waals surface area (Å²) in [6.07, 6.45) is -3.79. The molecule has 0 aromatic carbocycles. The molecule has 0 saturated carbocycles. The predicted molar refractivity (Wildman–Crippen MR) is 47.9 cm³/mol. The first-order valence-electron chi connectivity index (χ1n) is 4.12. The normalized spacial score (nSPS) is 13.4. The fourth-order valence-electron chi connectivity index (χ4n) is 0.868. The molecule has 0 bridgehead atoms.